The van der Waals surface area contributed by atoms with Crippen molar-refractivity contribution in [3.05, 3.63) is 23.8 Å². The predicted molar refractivity (Wildman–Crippen MR) is 83.3 cm³/mol. The Morgan fingerprint density at radius 1 is 1.27 bits per heavy atom. The van der Waals surface area contributed by atoms with E-state index in [1.807, 2.05) is 0 Å². The van der Waals surface area contributed by atoms with E-state index in [0.717, 1.165) is 30.2 Å². The third-order valence-corrected chi connectivity index (χ3v) is 4.88. The van der Waals surface area contributed by atoms with Crippen LogP contribution in [0.15, 0.2) is 12.3 Å². The van der Waals surface area contributed by atoms with Gasteiger partial charge in [0.05, 0.1) is 5.69 Å². The molecule has 0 unspecified atom stereocenters. The topological polar surface area (TPSA) is 72.6 Å². The van der Waals surface area contributed by atoms with E-state index in [-0.39, 0.29) is 17.6 Å². The van der Waals surface area contributed by atoms with Crippen molar-refractivity contribution in [2.45, 2.75) is 43.9 Å². The number of fused-ring (bicyclic) bond motifs is 1. The van der Waals surface area contributed by atoms with Gasteiger partial charge in [0, 0.05) is 31.8 Å². The lowest BCUT2D eigenvalue weighted by molar-refractivity contribution is -0.144. The molecule has 0 aromatic carbocycles. The van der Waals surface area contributed by atoms with Crippen molar-refractivity contribution >= 4 is 11.7 Å². The second kappa shape index (κ2) is 6.49. The van der Waals surface area contributed by atoms with Gasteiger partial charge in [-0.15, -0.1) is 5.10 Å². The van der Waals surface area contributed by atoms with Crippen LogP contribution < -0.4 is 0 Å². The van der Waals surface area contributed by atoms with Gasteiger partial charge in [-0.2, -0.15) is 18.2 Å². The first kappa shape index (κ1) is 17.2. The zero-order valence-corrected chi connectivity index (χ0v) is 13.9. The van der Waals surface area contributed by atoms with Crippen LogP contribution >= 0.6 is 0 Å². The number of piperidine rings is 1. The van der Waals surface area contributed by atoms with Crippen LogP contribution in [0, 0.1) is 0 Å². The van der Waals surface area contributed by atoms with E-state index in [1.165, 1.54) is 6.20 Å². The summed E-state index contributed by atoms with van der Waals surface area (Å²) in [6.45, 7) is 1.66. The number of amides is 1. The average Bonchev–Trinajstić information content (AvgIpc) is 3.30. The molecule has 4 heterocycles. The number of hydrogen-bond acceptors (Lipinski definition) is 5. The zero-order chi connectivity index (χ0) is 18.3. The first-order valence-electron chi connectivity index (χ1n) is 8.63. The van der Waals surface area contributed by atoms with E-state index in [9.17, 15) is 18.0 Å². The molecule has 4 rings (SSSR count). The van der Waals surface area contributed by atoms with Crippen LogP contribution in [0.1, 0.15) is 43.1 Å². The summed E-state index contributed by atoms with van der Waals surface area (Å²) in [6.07, 6.45) is -0.465. The monoisotopic (exact) mass is 369 g/mol. The standard InChI is InChI=1S/C16H18F3N5O2/c17-16(18,19)14-21-15-20-6-5-11(24(15)22-14)10-3-1-7-23(9-10)13(25)12-4-2-8-26-12/h5-6,10,12H,1-4,7-9H2/t10-,12+/m0/s1. The maximum absolute atomic E-state index is 12.9. The molecule has 7 nitrogen and oxygen atoms in total. The van der Waals surface area contributed by atoms with Crippen molar-refractivity contribution < 1.29 is 22.7 Å². The molecular formula is C16H18F3N5O2. The number of rotatable bonds is 2. The molecule has 2 aromatic heterocycles. The summed E-state index contributed by atoms with van der Waals surface area (Å²) in [7, 11) is 0. The van der Waals surface area contributed by atoms with Crippen LogP contribution in [0.3, 0.4) is 0 Å². The van der Waals surface area contributed by atoms with Gasteiger partial charge in [-0.1, -0.05) is 0 Å². The summed E-state index contributed by atoms with van der Waals surface area (Å²) in [6, 6.07) is 1.65. The number of aromatic nitrogens is 4. The van der Waals surface area contributed by atoms with Gasteiger partial charge in [0.1, 0.15) is 6.10 Å². The number of alkyl halides is 3. The Kier molecular flexibility index (Phi) is 4.29. The molecule has 0 bridgehead atoms. The number of carbonyl (C=O) groups is 1. The second-order valence-electron chi connectivity index (χ2n) is 6.64. The molecule has 1 amide bonds. The predicted octanol–water partition coefficient (Wildman–Crippen LogP) is 2.03. The number of likely N-dealkylation sites (tertiary alicyclic amines) is 1. The third kappa shape index (κ3) is 3.13. The highest BCUT2D eigenvalue weighted by molar-refractivity contribution is 5.81. The fourth-order valence-corrected chi connectivity index (χ4v) is 3.64. The minimum atomic E-state index is -4.63. The van der Waals surface area contributed by atoms with Crippen LogP contribution in [0.25, 0.3) is 5.78 Å². The van der Waals surface area contributed by atoms with Crippen molar-refractivity contribution in [2.24, 2.45) is 0 Å². The van der Waals surface area contributed by atoms with Gasteiger partial charge in [0.25, 0.3) is 17.5 Å². The van der Waals surface area contributed by atoms with E-state index >= 15 is 0 Å². The molecule has 0 spiro atoms. The summed E-state index contributed by atoms with van der Waals surface area (Å²) >= 11 is 0. The highest BCUT2D eigenvalue weighted by atomic mass is 19.4. The van der Waals surface area contributed by atoms with E-state index in [1.54, 1.807) is 11.0 Å². The number of hydrogen-bond donors (Lipinski definition) is 0. The van der Waals surface area contributed by atoms with Gasteiger partial charge >= 0.3 is 6.18 Å². The molecule has 2 saturated heterocycles. The Bertz CT molecular complexity index is 816. The molecule has 26 heavy (non-hydrogen) atoms. The summed E-state index contributed by atoms with van der Waals surface area (Å²) in [5.41, 5.74) is 0.586. The number of carbonyl (C=O) groups excluding carboxylic acids is 1. The molecule has 0 radical (unpaired) electrons. The molecule has 0 N–H and O–H groups in total. The largest absolute Gasteiger partial charge is 0.453 e. The molecule has 140 valence electrons. The molecule has 2 aliphatic rings. The molecule has 0 aliphatic carbocycles. The maximum Gasteiger partial charge on any atom is 0.453 e. The van der Waals surface area contributed by atoms with Crippen LogP contribution in [-0.4, -0.2) is 56.2 Å². The molecule has 2 fully saturated rings. The van der Waals surface area contributed by atoms with Crippen LogP contribution in [0.4, 0.5) is 13.2 Å². The zero-order valence-electron chi connectivity index (χ0n) is 13.9. The molecule has 0 saturated carbocycles. The maximum atomic E-state index is 12.9. The molecule has 2 aromatic rings. The van der Waals surface area contributed by atoms with Crippen molar-refractivity contribution in [3.8, 4) is 0 Å². The fourth-order valence-electron chi connectivity index (χ4n) is 3.64. The summed E-state index contributed by atoms with van der Waals surface area (Å²) in [5, 5.41) is 3.60. The number of ether oxygens (including phenoxy) is 1. The Morgan fingerprint density at radius 2 is 2.12 bits per heavy atom. The minimum absolute atomic E-state index is 0.0351. The fraction of sp³-hybridized carbons (Fsp3) is 0.625. The SMILES string of the molecule is O=C([C@H]1CCCO1)N1CCC[C@H](c2ccnc3nc(C(F)(F)F)nn23)C1. The summed E-state index contributed by atoms with van der Waals surface area (Å²) < 4.78 is 45.3. The Hall–Kier alpha value is -2.23. The first-order chi connectivity index (χ1) is 12.4. The van der Waals surface area contributed by atoms with Crippen LogP contribution in [0.5, 0.6) is 0 Å². The summed E-state index contributed by atoms with van der Waals surface area (Å²) in [4.78, 5) is 21.7. The molecule has 2 aliphatic heterocycles. The van der Waals surface area contributed by atoms with Crippen LogP contribution in [0.2, 0.25) is 0 Å². The Labute approximate surface area is 147 Å². The van der Waals surface area contributed by atoms with Crippen molar-refractivity contribution in [1.29, 1.82) is 0 Å². The first-order valence-corrected chi connectivity index (χ1v) is 8.63. The van der Waals surface area contributed by atoms with E-state index < -0.39 is 18.1 Å². The minimum Gasteiger partial charge on any atom is -0.368 e. The Balaban J connectivity index is 1.60. The molecule has 10 heteroatoms. The lowest BCUT2D eigenvalue weighted by Gasteiger charge is -2.34. The van der Waals surface area contributed by atoms with E-state index in [2.05, 4.69) is 15.1 Å². The van der Waals surface area contributed by atoms with Gasteiger partial charge in [-0.05, 0) is 31.7 Å². The lowest BCUT2D eigenvalue weighted by Crippen LogP contribution is -2.44. The second-order valence-corrected chi connectivity index (χ2v) is 6.64. The van der Waals surface area contributed by atoms with Crippen molar-refractivity contribution in [1.82, 2.24) is 24.5 Å². The number of nitrogens with zero attached hydrogens (tertiary/aromatic N) is 5. The quantitative estimate of drug-likeness (QED) is 0.810. The van der Waals surface area contributed by atoms with E-state index in [0.29, 0.717) is 25.4 Å². The van der Waals surface area contributed by atoms with E-state index in [4.69, 9.17) is 4.74 Å². The summed E-state index contributed by atoms with van der Waals surface area (Å²) in [5.74, 6) is -1.45. The average molecular weight is 369 g/mol. The number of halogens is 3. The highest BCUT2D eigenvalue weighted by Gasteiger charge is 2.37. The van der Waals surface area contributed by atoms with Gasteiger partial charge in [0.2, 0.25) is 0 Å². The highest BCUT2D eigenvalue weighted by Crippen LogP contribution is 2.30. The van der Waals surface area contributed by atoms with Crippen molar-refractivity contribution in [2.75, 3.05) is 19.7 Å². The molecule has 2 atom stereocenters. The molecular weight excluding hydrogens is 351 g/mol. The van der Waals surface area contributed by atoms with Gasteiger partial charge in [-0.3, -0.25) is 4.79 Å². The van der Waals surface area contributed by atoms with Crippen LogP contribution in [-0.2, 0) is 15.7 Å². The van der Waals surface area contributed by atoms with Gasteiger partial charge in [-0.25, -0.2) is 9.50 Å². The van der Waals surface area contributed by atoms with Crippen molar-refractivity contribution in [3.63, 3.8) is 0 Å². The normalized spacial score (nSPS) is 24.3. The van der Waals surface area contributed by atoms with Gasteiger partial charge < -0.3 is 9.64 Å². The smallest absolute Gasteiger partial charge is 0.368 e. The third-order valence-electron chi connectivity index (χ3n) is 4.88. The lowest BCUT2D eigenvalue weighted by atomic mass is 9.94. The van der Waals surface area contributed by atoms with Gasteiger partial charge in [0.15, 0.2) is 0 Å². The Morgan fingerprint density at radius 3 is 2.85 bits per heavy atom.